The summed E-state index contributed by atoms with van der Waals surface area (Å²) in [6.07, 6.45) is 1.70. The number of isocyanates is 1. The smallest absolute Gasteiger partial charge is 0.322 e. The van der Waals surface area contributed by atoms with Crippen LogP contribution in [0, 0.1) is 5.92 Å². The molecule has 2 N–H and O–H groups in total. The minimum absolute atomic E-state index is 0.183. The lowest BCUT2D eigenvalue weighted by molar-refractivity contribution is -0.138. The van der Waals surface area contributed by atoms with Crippen molar-refractivity contribution in [2.75, 3.05) is 6.54 Å². The molecule has 0 saturated heterocycles. The largest absolute Gasteiger partial charge is 0.480 e. The zero-order chi connectivity index (χ0) is 11.8. The van der Waals surface area contributed by atoms with E-state index in [2.05, 4.69) is 10.3 Å². The highest BCUT2D eigenvalue weighted by Crippen LogP contribution is 2.07. The fraction of sp³-hybridized carbons (Fsp3) is 0.667. The van der Waals surface area contributed by atoms with Gasteiger partial charge in [-0.15, -0.1) is 0 Å². The third kappa shape index (κ3) is 6.40. The summed E-state index contributed by atoms with van der Waals surface area (Å²) in [6, 6.07) is -0.846. The molecule has 0 saturated carbocycles. The lowest BCUT2D eigenvalue weighted by Gasteiger charge is -2.12. The van der Waals surface area contributed by atoms with Crippen molar-refractivity contribution in [2.45, 2.75) is 26.3 Å². The average molecular weight is 214 g/mol. The maximum Gasteiger partial charge on any atom is 0.322 e. The molecule has 0 radical (unpaired) electrons. The van der Waals surface area contributed by atoms with Crippen LogP contribution in [0.4, 0.5) is 0 Å². The van der Waals surface area contributed by atoms with E-state index in [1.54, 1.807) is 0 Å². The van der Waals surface area contributed by atoms with Gasteiger partial charge in [-0.1, -0.05) is 13.8 Å². The first-order valence-corrected chi connectivity index (χ1v) is 4.53. The molecule has 0 rings (SSSR count). The SMILES string of the molecule is CC(C)CC(N=C=O)C(=O)NCC(=O)O. The van der Waals surface area contributed by atoms with Crippen LogP contribution < -0.4 is 5.32 Å². The summed E-state index contributed by atoms with van der Waals surface area (Å²) in [6.45, 7) is 3.28. The van der Waals surface area contributed by atoms with Gasteiger partial charge in [0.25, 0.3) is 0 Å². The van der Waals surface area contributed by atoms with Crippen LogP contribution >= 0.6 is 0 Å². The molecule has 6 nitrogen and oxygen atoms in total. The van der Waals surface area contributed by atoms with E-state index in [4.69, 9.17) is 5.11 Å². The molecule has 0 aromatic carbocycles. The van der Waals surface area contributed by atoms with E-state index in [0.29, 0.717) is 6.42 Å². The van der Waals surface area contributed by atoms with E-state index >= 15 is 0 Å². The fourth-order valence-corrected chi connectivity index (χ4v) is 1.01. The number of carboxylic acids is 1. The van der Waals surface area contributed by atoms with Gasteiger partial charge in [-0.3, -0.25) is 9.59 Å². The maximum absolute atomic E-state index is 11.3. The molecule has 0 aliphatic rings. The lowest BCUT2D eigenvalue weighted by Crippen LogP contribution is -2.37. The summed E-state index contributed by atoms with van der Waals surface area (Å²) >= 11 is 0. The van der Waals surface area contributed by atoms with Crippen molar-refractivity contribution in [2.24, 2.45) is 10.9 Å². The molecule has 1 atom stereocenters. The zero-order valence-corrected chi connectivity index (χ0v) is 8.69. The molecule has 1 unspecified atom stereocenters. The van der Waals surface area contributed by atoms with Crippen molar-refractivity contribution in [1.82, 2.24) is 5.32 Å². The number of carbonyl (C=O) groups excluding carboxylic acids is 2. The standard InChI is InChI=1S/C9H14N2O4/c1-6(2)3-7(11-5-12)9(15)10-4-8(13)14/h6-7H,3-4H2,1-2H3,(H,10,15)(H,13,14). The molecule has 1 amide bonds. The van der Waals surface area contributed by atoms with Crippen molar-refractivity contribution >= 4 is 18.0 Å². The number of carbonyl (C=O) groups is 2. The molecular formula is C9H14N2O4. The maximum atomic E-state index is 11.3. The Kier molecular flexibility index (Phi) is 5.97. The number of amides is 1. The second kappa shape index (κ2) is 6.73. The van der Waals surface area contributed by atoms with Crippen LogP contribution in [-0.4, -0.2) is 35.6 Å². The predicted molar refractivity (Wildman–Crippen MR) is 52.0 cm³/mol. The van der Waals surface area contributed by atoms with Crippen molar-refractivity contribution in [3.63, 3.8) is 0 Å². The second-order valence-electron chi connectivity index (χ2n) is 3.48. The first-order valence-electron chi connectivity index (χ1n) is 4.53. The Bertz CT molecular complexity index is 282. The highest BCUT2D eigenvalue weighted by Gasteiger charge is 2.19. The number of aliphatic imine (C=N–C) groups is 1. The summed E-state index contributed by atoms with van der Waals surface area (Å²) < 4.78 is 0. The third-order valence-electron chi connectivity index (χ3n) is 1.62. The lowest BCUT2D eigenvalue weighted by atomic mass is 10.0. The van der Waals surface area contributed by atoms with Crippen LogP contribution in [0.3, 0.4) is 0 Å². The molecule has 0 aromatic heterocycles. The van der Waals surface area contributed by atoms with Crippen LogP contribution in [0.5, 0.6) is 0 Å². The molecule has 0 heterocycles. The summed E-state index contributed by atoms with van der Waals surface area (Å²) in [5.41, 5.74) is 0. The van der Waals surface area contributed by atoms with E-state index in [0.717, 1.165) is 0 Å². The summed E-state index contributed by atoms with van der Waals surface area (Å²) in [5, 5.41) is 10.5. The summed E-state index contributed by atoms with van der Waals surface area (Å²) in [5.74, 6) is -1.51. The molecule has 0 spiro atoms. The Labute approximate surface area is 87.4 Å². The van der Waals surface area contributed by atoms with E-state index < -0.39 is 24.5 Å². The van der Waals surface area contributed by atoms with Gasteiger partial charge < -0.3 is 10.4 Å². The number of hydrogen-bond acceptors (Lipinski definition) is 4. The molecule has 84 valence electrons. The molecule has 0 aromatic rings. The van der Waals surface area contributed by atoms with Crippen LogP contribution in [0.2, 0.25) is 0 Å². The Morgan fingerprint density at radius 3 is 2.47 bits per heavy atom. The van der Waals surface area contributed by atoms with Crippen molar-refractivity contribution < 1.29 is 19.5 Å². The fourth-order valence-electron chi connectivity index (χ4n) is 1.01. The zero-order valence-electron chi connectivity index (χ0n) is 8.69. The minimum Gasteiger partial charge on any atom is -0.480 e. The monoisotopic (exact) mass is 214 g/mol. The topological polar surface area (TPSA) is 95.8 Å². The molecule has 0 aliphatic carbocycles. The Morgan fingerprint density at radius 1 is 1.47 bits per heavy atom. The summed E-state index contributed by atoms with van der Waals surface area (Å²) in [7, 11) is 0. The van der Waals surface area contributed by atoms with E-state index in [-0.39, 0.29) is 5.92 Å². The Hall–Kier alpha value is -1.68. The normalized spacial score (nSPS) is 11.7. The molecule has 6 heteroatoms. The summed E-state index contributed by atoms with van der Waals surface area (Å²) in [4.78, 5) is 34.9. The quantitative estimate of drug-likeness (QED) is 0.478. The van der Waals surface area contributed by atoms with Crippen LogP contribution in [0.1, 0.15) is 20.3 Å². The Balaban J connectivity index is 4.28. The van der Waals surface area contributed by atoms with Gasteiger partial charge in [0.15, 0.2) is 0 Å². The van der Waals surface area contributed by atoms with E-state index in [1.807, 2.05) is 13.8 Å². The number of nitrogens with one attached hydrogen (secondary N) is 1. The van der Waals surface area contributed by atoms with Gasteiger partial charge >= 0.3 is 5.97 Å². The number of aliphatic carboxylic acids is 1. The minimum atomic E-state index is -1.14. The number of nitrogens with zero attached hydrogens (tertiary/aromatic N) is 1. The van der Waals surface area contributed by atoms with Crippen LogP contribution in [0.25, 0.3) is 0 Å². The predicted octanol–water partition coefficient (Wildman–Crippen LogP) is -0.0623. The van der Waals surface area contributed by atoms with E-state index in [1.165, 1.54) is 6.08 Å². The van der Waals surface area contributed by atoms with E-state index in [9.17, 15) is 14.4 Å². The van der Waals surface area contributed by atoms with Gasteiger partial charge in [-0.25, -0.2) is 4.79 Å². The van der Waals surface area contributed by atoms with Crippen LogP contribution in [0.15, 0.2) is 4.99 Å². The van der Waals surface area contributed by atoms with Gasteiger partial charge in [0.2, 0.25) is 12.0 Å². The highest BCUT2D eigenvalue weighted by atomic mass is 16.4. The Morgan fingerprint density at radius 2 is 2.07 bits per heavy atom. The molecule has 15 heavy (non-hydrogen) atoms. The van der Waals surface area contributed by atoms with Gasteiger partial charge in [0.1, 0.15) is 12.6 Å². The number of hydrogen-bond donors (Lipinski definition) is 2. The molecular weight excluding hydrogens is 200 g/mol. The van der Waals surface area contributed by atoms with Gasteiger partial charge in [-0.05, 0) is 12.3 Å². The van der Waals surface area contributed by atoms with Gasteiger partial charge in [-0.2, -0.15) is 4.99 Å². The molecule has 0 aliphatic heterocycles. The molecule has 0 bridgehead atoms. The third-order valence-corrected chi connectivity index (χ3v) is 1.62. The first kappa shape index (κ1) is 13.3. The number of carboxylic acid groups (broad SMARTS) is 1. The highest BCUT2D eigenvalue weighted by molar-refractivity contribution is 5.85. The molecule has 0 fully saturated rings. The van der Waals surface area contributed by atoms with Gasteiger partial charge in [0, 0.05) is 0 Å². The van der Waals surface area contributed by atoms with Gasteiger partial charge in [0.05, 0.1) is 0 Å². The average Bonchev–Trinajstić information content (AvgIpc) is 2.12. The number of rotatable bonds is 6. The second-order valence-corrected chi connectivity index (χ2v) is 3.48. The van der Waals surface area contributed by atoms with Crippen molar-refractivity contribution in [3.05, 3.63) is 0 Å². The van der Waals surface area contributed by atoms with Crippen molar-refractivity contribution in [1.29, 1.82) is 0 Å². The first-order chi connectivity index (χ1) is 6.97. The van der Waals surface area contributed by atoms with Crippen molar-refractivity contribution in [3.8, 4) is 0 Å². The van der Waals surface area contributed by atoms with Crippen LogP contribution in [-0.2, 0) is 14.4 Å².